The topological polar surface area (TPSA) is 76.4 Å². The van der Waals surface area contributed by atoms with Gasteiger partial charge in [0.1, 0.15) is 11.6 Å². The maximum atomic E-state index is 13.3. The van der Waals surface area contributed by atoms with Crippen molar-refractivity contribution < 1.29 is 23.2 Å². The Hall–Kier alpha value is -2.28. The predicted octanol–water partition coefficient (Wildman–Crippen LogP) is 4.01. The maximum absolute atomic E-state index is 13.3. The molecule has 0 unspecified atom stereocenters. The number of Topliss-reactive ketones (excluding diaryl/α,β-unsaturated/α-hetero) is 2. The van der Waals surface area contributed by atoms with Gasteiger partial charge in [0, 0.05) is 12.0 Å². The van der Waals surface area contributed by atoms with Crippen molar-refractivity contribution in [3.63, 3.8) is 0 Å². The quantitative estimate of drug-likeness (QED) is 0.581. The third-order valence-electron chi connectivity index (χ3n) is 3.49. The molecule has 2 aromatic rings. The Morgan fingerprint density at radius 2 is 1.85 bits per heavy atom. The maximum Gasteiger partial charge on any atom is 0.296 e. The van der Waals surface area contributed by atoms with Crippen LogP contribution in [0.3, 0.4) is 0 Å². The normalized spacial score (nSPS) is 11.3. The van der Waals surface area contributed by atoms with Crippen molar-refractivity contribution in [3.8, 4) is 0 Å². The molecule has 0 atom stereocenters. The SMILES string of the molecule is Cc1oc(C(=O)C(=O)NC(C)(C)C)cc1C(=O)Cc1ccc(F)c(Br)c1. The third-order valence-corrected chi connectivity index (χ3v) is 4.09. The summed E-state index contributed by atoms with van der Waals surface area (Å²) in [5, 5.41) is 2.55. The van der Waals surface area contributed by atoms with Crippen molar-refractivity contribution in [1.29, 1.82) is 0 Å². The summed E-state index contributed by atoms with van der Waals surface area (Å²) in [4.78, 5) is 36.6. The minimum absolute atomic E-state index is 0.0150. The standard InChI is InChI=1S/C19H19BrFNO4/c1-10-12(15(23)8-11-5-6-14(21)13(20)7-11)9-16(26-10)17(24)18(25)22-19(2,3)4/h5-7,9H,8H2,1-4H3,(H,22,25). The fourth-order valence-electron chi connectivity index (χ4n) is 2.31. The summed E-state index contributed by atoms with van der Waals surface area (Å²) in [6.45, 7) is 6.80. The molecule has 0 saturated heterocycles. The molecule has 1 heterocycles. The van der Waals surface area contributed by atoms with E-state index in [1.165, 1.54) is 24.3 Å². The van der Waals surface area contributed by atoms with Crippen LogP contribution in [-0.2, 0) is 11.2 Å². The first-order valence-electron chi connectivity index (χ1n) is 7.92. The van der Waals surface area contributed by atoms with E-state index in [-0.39, 0.29) is 33.8 Å². The highest BCUT2D eigenvalue weighted by molar-refractivity contribution is 9.10. The molecule has 0 aliphatic carbocycles. The van der Waals surface area contributed by atoms with Crippen molar-refractivity contribution >= 4 is 33.4 Å². The van der Waals surface area contributed by atoms with Gasteiger partial charge in [-0.1, -0.05) is 6.07 Å². The van der Waals surface area contributed by atoms with Gasteiger partial charge < -0.3 is 9.73 Å². The third kappa shape index (κ3) is 4.88. The van der Waals surface area contributed by atoms with Gasteiger partial charge >= 0.3 is 0 Å². The zero-order valence-corrected chi connectivity index (χ0v) is 16.5. The predicted molar refractivity (Wildman–Crippen MR) is 97.8 cm³/mol. The molecule has 0 radical (unpaired) electrons. The summed E-state index contributed by atoms with van der Waals surface area (Å²) < 4.78 is 18.9. The second kappa shape index (κ2) is 7.53. The van der Waals surface area contributed by atoms with E-state index in [1.54, 1.807) is 27.7 Å². The number of benzene rings is 1. The van der Waals surface area contributed by atoms with Crippen LogP contribution < -0.4 is 5.32 Å². The monoisotopic (exact) mass is 423 g/mol. The number of carbonyl (C=O) groups is 3. The molecule has 138 valence electrons. The Kier molecular flexibility index (Phi) is 5.81. The second-order valence-corrected chi connectivity index (χ2v) is 7.82. The highest BCUT2D eigenvalue weighted by Crippen LogP contribution is 2.21. The van der Waals surface area contributed by atoms with E-state index in [1.807, 2.05) is 0 Å². The van der Waals surface area contributed by atoms with E-state index in [0.717, 1.165) is 0 Å². The van der Waals surface area contributed by atoms with Gasteiger partial charge in [-0.2, -0.15) is 0 Å². The molecule has 1 aromatic carbocycles. The Morgan fingerprint density at radius 1 is 1.19 bits per heavy atom. The first kappa shape index (κ1) is 20.0. The van der Waals surface area contributed by atoms with Gasteiger partial charge in [0.05, 0.1) is 10.0 Å². The number of furan rings is 1. The van der Waals surface area contributed by atoms with Gasteiger partial charge in [0.2, 0.25) is 0 Å². The van der Waals surface area contributed by atoms with E-state index in [9.17, 15) is 18.8 Å². The van der Waals surface area contributed by atoms with Crippen LogP contribution in [0.15, 0.2) is 33.2 Å². The minimum atomic E-state index is -0.841. The first-order valence-corrected chi connectivity index (χ1v) is 8.71. The van der Waals surface area contributed by atoms with Crippen LogP contribution in [0.2, 0.25) is 0 Å². The van der Waals surface area contributed by atoms with Gasteiger partial charge in [0.25, 0.3) is 11.7 Å². The number of carbonyl (C=O) groups excluding carboxylic acids is 3. The molecule has 1 N–H and O–H groups in total. The highest BCUT2D eigenvalue weighted by Gasteiger charge is 2.26. The summed E-state index contributed by atoms with van der Waals surface area (Å²) in [5.41, 5.74) is 0.266. The van der Waals surface area contributed by atoms with Gasteiger partial charge in [0.15, 0.2) is 11.5 Å². The van der Waals surface area contributed by atoms with Gasteiger partial charge in [-0.15, -0.1) is 0 Å². The molecular formula is C19H19BrFNO4. The number of hydrogen-bond donors (Lipinski definition) is 1. The lowest BCUT2D eigenvalue weighted by Crippen LogP contribution is -2.44. The van der Waals surface area contributed by atoms with Crippen molar-refractivity contribution in [2.24, 2.45) is 0 Å². The smallest absolute Gasteiger partial charge is 0.296 e. The molecule has 1 aromatic heterocycles. The summed E-state index contributed by atoms with van der Waals surface area (Å²) in [7, 11) is 0. The fraction of sp³-hybridized carbons (Fsp3) is 0.316. The summed E-state index contributed by atoms with van der Waals surface area (Å²) in [6.07, 6.45) is 0.0150. The van der Waals surface area contributed by atoms with Gasteiger partial charge in [-0.3, -0.25) is 14.4 Å². The number of halogens is 2. The molecule has 5 nitrogen and oxygen atoms in total. The molecule has 0 aliphatic rings. The molecule has 7 heteroatoms. The minimum Gasteiger partial charge on any atom is -0.457 e. The van der Waals surface area contributed by atoms with Crippen LogP contribution in [-0.4, -0.2) is 23.0 Å². The lowest BCUT2D eigenvalue weighted by Gasteiger charge is -2.19. The fourth-order valence-corrected chi connectivity index (χ4v) is 2.74. The molecular weight excluding hydrogens is 405 g/mol. The van der Waals surface area contributed by atoms with Gasteiger partial charge in [-0.25, -0.2) is 4.39 Å². The van der Waals surface area contributed by atoms with E-state index >= 15 is 0 Å². The van der Waals surface area contributed by atoms with Crippen LogP contribution in [0.25, 0.3) is 0 Å². The highest BCUT2D eigenvalue weighted by atomic mass is 79.9. The summed E-state index contributed by atoms with van der Waals surface area (Å²) >= 11 is 3.08. The Bertz CT molecular complexity index is 880. The summed E-state index contributed by atoms with van der Waals surface area (Å²) in [6, 6.07) is 5.57. The number of nitrogens with one attached hydrogen (secondary N) is 1. The number of hydrogen-bond acceptors (Lipinski definition) is 4. The molecule has 0 aliphatic heterocycles. The van der Waals surface area contributed by atoms with Crippen LogP contribution in [0.5, 0.6) is 0 Å². The number of ketones is 2. The Morgan fingerprint density at radius 3 is 2.42 bits per heavy atom. The second-order valence-electron chi connectivity index (χ2n) is 6.96. The molecule has 0 bridgehead atoms. The molecule has 0 spiro atoms. The van der Waals surface area contributed by atoms with Crippen LogP contribution in [0, 0.1) is 12.7 Å². The van der Waals surface area contributed by atoms with E-state index in [4.69, 9.17) is 4.42 Å². The molecule has 0 saturated carbocycles. The summed E-state index contributed by atoms with van der Waals surface area (Å²) in [5.74, 6) is -2.28. The van der Waals surface area contributed by atoms with Crippen LogP contribution in [0.4, 0.5) is 4.39 Å². The van der Waals surface area contributed by atoms with Crippen molar-refractivity contribution in [2.75, 3.05) is 0 Å². The van der Waals surface area contributed by atoms with E-state index < -0.39 is 23.0 Å². The average Bonchev–Trinajstić information content (AvgIpc) is 2.90. The number of amides is 1. The largest absolute Gasteiger partial charge is 0.457 e. The zero-order chi connectivity index (χ0) is 19.6. The number of aryl methyl sites for hydroxylation is 1. The van der Waals surface area contributed by atoms with E-state index in [0.29, 0.717) is 5.56 Å². The molecule has 1 amide bonds. The van der Waals surface area contributed by atoms with Crippen molar-refractivity contribution in [2.45, 2.75) is 39.7 Å². The average molecular weight is 424 g/mol. The number of rotatable bonds is 5. The molecule has 0 fully saturated rings. The van der Waals surface area contributed by atoms with Gasteiger partial charge in [-0.05, 0) is 67.4 Å². The van der Waals surface area contributed by atoms with Crippen LogP contribution >= 0.6 is 15.9 Å². The Labute approximate surface area is 159 Å². The zero-order valence-electron chi connectivity index (χ0n) is 14.9. The lowest BCUT2D eigenvalue weighted by atomic mass is 10.0. The lowest BCUT2D eigenvalue weighted by molar-refractivity contribution is -0.118. The van der Waals surface area contributed by atoms with Crippen molar-refractivity contribution in [3.05, 3.63) is 57.2 Å². The van der Waals surface area contributed by atoms with Crippen LogP contribution in [0.1, 0.15) is 53.0 Å². The Balaban J connectivity index is 2.18. The van der Waals surface area contributed by atoms with Crippen molar-refractivity contribution in [1.82, 2.24) is 5.32 Å². The first-order chi connectivity index (χ1) is 12.0. The van der Waals surface area contributed by atoms with E-state index in [2.05, 4.69) is 21.2 Å². The molecule has 2 rings (SSSR count). The molecule has 26 heavy (non-hydrogen) atoms.